The summed E-state index contributed by atoms with van der Waals surface area (Å²) in [5.74, 6) is 1.30. The highest BCUT2D eigenvalue weighted by Crippen LogP contribution is 2.20. The first-order chi connectivity index (χ1) is 8.79. The average Bonchev–Trinajstić information content (AvgIpc) is 2.87. The maximum atomic E-state index is 11.7. The van der Waals surface area contributed by atoms with E-state index in [4.69, 9.17) is 0 Å². The second-order valence-electron chi connectivity index (χ2n) is 3.63. The zero-order chi connectivity index (χ0) is 12.8. The number of hydrogen-bond donors (Lipinski definition) is 1. The summed E-state index contributed by atoms with van der Waals surface area (Å²) < 4.78 is 11.7. The molecule has 1 aromatic heterocycles. The van der Waals surface area contributed by atoms with E-state index in [-0.39, 0.29) is 0 Å². The predicted molar refractivity (Wildman–Crippen MR) is 76.1 cm³/mol. The topological polar surface area (TPSA) is 45.8 Å². The molecule has 0 aliphatic heterocycles. The van der Waals surface area contributed by atoms with Crippen molar-refractivity contribution in [2.45, 2.75) is 15.9 Å². The SMILES string of the molecule is C=CCS(=O)c1cnc(SCc2ccccc2)[nH]1. The van der Waals surface area contributed by atoms with Crippen LogP contribution in [0.15, 0.2) is 59.4 Å². The van der Waals surface area contributed by atoms with Crippen LogP contribution in [0.3, 0.4) is 0 Å². The second kappa shape index (κ2) is 6.56. The number of nitrogens with zero attached hydrogens (tertiary/aromatic N) is 1. The van der Waals surface area contributed by atoms with Gasteiger partial charge in [-0.25, -0.2) is 4.98 Å². The Morgan fingerprint density at radius 2 is 2.17 bits per heavy atom. The molecule has 3 nitrogen and oxygen atoms in total. The molecule has 0 aliphatic carbocycles. The fourth-order valence-electron chi connectivity index (χ4n) is 1.40. The van der Waals surface area contributed by atoms with Crippen molar-refractivity contribution in [2.24, 2.45) is 0 Å². The highest BCUT2D eigenvalue weighted by atomic mass is 32.2. The minimum atomic E-state index is -1.06. The van der Waals surface area contributed by atoms with Gasteiger partial charge in [0, 0.05) is 11.5 Å². The molecule has 2 aromatic rings. The van der Waals surface area contributed by atoms with Crippen molar-refractivity contribution < 1.29 is 4.21 Å². The summed E-state index contributed by atoms with van der Waals surface area (Å²) in [6.07, 6.45) is 3.28. The molecule has 0 radical (unpaired) electrons. The van der Waals surface area contributed by atoms with Crippen LogP contribution in [0, 0.1) is 0 Å². The molecule has 2 rings (SSSR count). The first-order valence-electron chi connectivity index (χ1n) is 5.50. The summed E-state index contributed by atoms with van der Waals surface area (Å²) >= 11 is 1.60. The fourth-order valence-corrected chi connectivity index (χ4v) is 3.04. The van der Waals surface area contributed by atoms with Gasteiger partial charge in [0.05, 0.1) is 17.0 Å². The molecule has 18 heavy (non-hydrogen) atoms. The predicted octanol–water partition coefficient (Wildman–Crippen LogP) is 3.00. The molecule has 1 unspecified atom stereocenters. The van der Waals surface area contributed by atoms with Crippen LogP contribution >= 0.6 is 11.8 Å². The molecule has 0 amide bonds. The quantitative estimate of drug-likeness (QED) is 0.652. The summed E-state index contributed by atoms with van der Waals surface area (Å²) in [5.41, 5.74) is 1.24. The van der Waals surface area contributed by atoms with E-state index in [9.17, 15) is 4.21 Å². The number of thioether (sulfide) groups is 1. The Balaban J connectivity index is 1.95. The number of imidazole rings is 1. The number of aromatic nitrogens is 2. The Labute approximate surface area is 113 Å². The zero-order valence-electron chi connectivity index (χ0n) is 9.83. The van der Waals surface area contributed by atoms with Gasteiger partial charge in [0.15, 0.2) is 5.16 Å². The van der Waals surface area contributed by atoms with Crippen molar-refractivity contribution in [1.29, 1.82) is 0 Å². The third kappa shape index (κ3) is 3.58. The summed E-state index contributed by atoms with van der Waals surface area (Å²) in [7, 11) is -1.06. The highest BCUT2D eigenvalue weighted by molar-refractivity contribution is 7.98. The molecule has 0 aliphatic rings. The number of nitrogens with one attached hydrogen (secondary N) is 1. The van der Waals surface area contributed by atoms with E-state index in [1.54, 1.807) is 24.0 Å². The van der Waals surface area contributed by atoms with Gasteiger partial charge in [-0.05, 0) is 5.56 Å². The molecular weight excluding hydrogens is 264 g/mol. The Hall–Kier alpha value is -1.33. The maximum Gasteiger partial charge on any atom is 0.166 e. The van der Waals surface area contributed by atoms with Crippen molar-refractivity contribution in [3.8, 4) is 0 Å². The largest absolute Gasteiger partial charge is 0.326 e. The molecule has 0 saturated heterocycles. The Morgan fingerprint density at radius 1 is 1.39 bits per heavy atom. The van der Waals surface area contributed by atoms with Gasteiger partial charge < -0.3 is 4.98 Å². The van der Waals surface area contributed by atoms with Crippen molar-refractivity contribution in [2.75, 3.05) is 5.75 Å². The molecule has 1 aromatic carbocycles. The lowest BCUT2D eigenvalue weighted by Gasteiger charge is -1.98. The van der Waals surface area contributed by atoms with E-state index in [0.717, 1.165) is 10.9 Å². The van der Waals surface area contributed by atoms with Gasteiger partial charge in [0.2, 0.25) is 0 Å². The van der Waals surface area contributed by atoms with Crippen molar-refractivity contribution in [1.82, 2.24) is 9.97 Å². The number of benzene rings is 1. The minimum absolute atomic E-state index is 0.449. The summed E-state index contributed by atoms with van der Waals surface area (Å²) in [4.78, 5) is 7.29. The molecule has 0 fully saturated rings. The van der Waals surface area contributed by atoms with E-state index < -0.39 is 10.8 Å². The van der Waals surface area contributed by atoms with Gasteiger partial charge in [-0.3, -0.25) is 4.21 Å². The van der Waals surface area contributed by atoms with Crippen LogP contribution in [0.25, 0.3) is 0 Å². The van der Waals surface area contributed by atoms with Gasteiger partial charge in [0.25, 0.3) is 0 Å². The third-order valence-electron chi connectivity index (χ3n) is 2.26. The van der Waals surface area contributed by atoms with Crippen LogP contribution < -0.4 is 0 Å². The standard InChI is InChI=1S/C13H14N2OS2/c1-2-8-18(16)12-9-14-13(15-12)17-10-11-6-4-3-5-7-11/h2-7,9H,1,8,10H2,(H,14,15). The Morgan fingerprint density at radius 3 is 2.89 bits per heavy atom. The van der Waals surface area contributed by atoms with E-state index in [0.29, 0.717) is 10.8 Å². The highest BCUT2D eigenvalue weighted by Gasteiger charge is 2.06. The summed E-state index contributed by atoms with van der Waals surface area (Å²) in [6.45, 7) is 3.58. The molecule has 1 heterocycles. The molecule has 0 spiro atoms. The Kier molecular flexibility index (Phi) is 4.78. The zero-order valence-corrected chi connectivity index (χ0v) is 11.5. The maximum absolute atomic E-state index is 11.7. The van der Waals surface area contributed by atoms with Crippen LogP contribution in [0.2, 0.25) is 0 Å². The van der Waals surface area contributed by atoms with Crippen LogP contribution in [-0.2, 0) is 16.6 Å². The van der Waals surface area contributed by atoms with Crippen LogP contribution in [-0.4, -0.2) is 19.9 Å². The number of rotatable bonds is 6. The van der Waals surface area contributed by atoms with Crippen LogP contribution in [0.1, 0.15) is 5.56 Å². The van der Waals surface area contributed by atoms with Gasteiger partial charge in [-0.2, -0.15) is 0 Å². The smallest absolute Gasteiger partial charge is 0.166 e. The minimum Gasteiger partial charge on any atom is -0.326 e. The van der Waals surface area contributed by atoms with E-state index in [2.05, 4.69) is 28.7 Å². The lowest BCUT2D eigenvalue weighted by molar-refractivity contribution is 0.682. The molecule has 5 heteroatoms. The van der Waals surface area contributed by atoms with Crippen molar-refractivity contribution >= 4 is 22.6 Å². The number of H-pyrrole nitrogens is 1. The lowest BCUT2D eigenvalue weighted by atomic mass is 10.2. The molecule has 0 bridgehead atoms. The van der Waals surface area contributed by atoms with Gasteiger partial charge in [0.1, 0.15) is 5.03 Å². The van der Waals surface area contributed by atoms with E-state index in [1.165, 1.54) is 5.56 Å². The number of aromatic amines is 1. The summed E-state index contributed by atoms with van der Waals surface area (Å²) in [6, 6.07) is 10.2. The molecule has 1 N–H and O–H groups in total. The normalized spacial score (nSPS) is 12.2. The number of hydrogen-bond acceptors (Lipinski definition) is 3. The molecule has 0 saturated carbocycles. The average molecular weight is 278 g/mol. The van der Waals surface area contributed by atoms with Crippen LogP contribution in [0.4, 0.5) is 0 Å². The first kappa shape index (κ1) is 13.1. The third-order valence-corrected chi connectivity index (χ3v) is 4.46. The molecule has 1 atom stereocenters. The molecule has 94 valence electrons. The first-order valence-corrected chi connectivity index (χ1v) is 7.81. The van der Waals surface area contributed by atoms with E-state index >= 15 is 0 Å². The van der Waals surface area contributed by atoms with Crippen molar-refractivity contribution in [3.05, 3.63) is 54.7 Å². The molecular formula is C13H14N2OS2. The monoisotopic (exact) mass is 278 g/mol. The second-order valence-corrected chi connectivity index (χ2v) is 6.06. The van der Waals surface area contributed by atoms with Gasteiger partial charge >= 0.3 is 0 Å². The Bertz CT molecular complexity index is 537. The van der Waals surface area contributed by atoms with Crippen molar-refractivity contribution in [3.63, 3.8) is 0 Å². The fraction of sp³-hybridized carbons (Fsp3) is 0.154. The lowest BCUT2D eigenvalue weighted by Crippen LogP contribution is -1.94. The van der Waals surface area contributed by atoms with Gasteiger partial charge in [-0.15, -0.1) is 6.58 Å². The van der Waals surface area contributed by atoms with E-state index in [1.807, 2.05) is 18.2 Å². The summed E-state index contributed by atoms with van der Waals surface area (Å²) in [5, 5.41) is 1.46. The van der Waals surface area contributed by atoms with Crippen LogP contribution in [0.5, 0.6) is 0 Å². The van der Waals surface area contributed by atoms with Gasteiger partial charge in [-0.1, -0.05) is 48.2 Å².